The van der Waals surface area contributed by atoms with Gasteiger partial charge in [-0.2, -0.15) is 0 Å². The van der Waals surface area contributed by atoms with E-state index in [1.165, 1.54) is 4.68 Å². The van der Waals surface area contributed by atoms with Gasteiger partial charge in [-0.25, -0.2) is 9.48 Å². The number of carbonyl (C=O) groups is 1. The number of nitrogens with zero attached hydrogens (tertiary/aromatic N) is 3. The lowest BCUT2D eigenvalue weighted by molar-refractivity contribution is 0.0691. The second kappa shape index (κ2) is 7.63. The molecule has 3 rings (SSSR count). The molecule has 0 amide bonds. The Hall–Kier alpha value is -2.77. The summed E-state index contributed by atoms with van der Waals surface area (Å²) in [5, 5.41) is 20.9. The van der Waals surface area contributed by atoms with Gasteiger partial charge in [0.2, 0.25) is 5.69 Å². The first kappa shape index (κ1) is 18.0. The summed E-state index contributed by atoms with van der Waals surface area (Å²) in [6.07, 6.45) is 0. The molecule has 0 aliphatic heterocycles. The molecule has 9 heteroatoms. The van der Waals surface area contributed by atoms with Crippen LogP contribution < -0.4 is 10.1 Å². The van der Waals surface area contributed by atoms with Crippen LogP contribution in [0.2, 0.25) is 10.0 Å². The van der Waals surface area contributed by atoms with E-state index in [2.05, 4.69) is 15.6 Å². The second-order valence-electron chi connectivity index (χ2n) is 5.38. The van der Waals surface area contributed by atoms with Gasteiger partial charge in [0, 0.05) is 15.7 Å². The van der Waals surface area contributed by atoms with Crippen LogP contribution in [0.15, 0.2) is 42.5 Å². The van der Waals surface area contributed by atoms with Gasteiger partial charge in [-0.3, -0.25) is 0 Å². The topological polar surface area (TPSA) is 89.3 Å². The third-order valence-corrected chi connectivity index (χ3v) is 3.99. The van der Waals surface area contributed by atoms with Gasteiger partial charge >= 0.3 is 5.97 Å². The minimum absolute atomic E-state index is 0.199. The number of benzene rings is 2. The van der Waals surface area contributed by atoms with Crippen molar-refractivity contribution in [3.63, 3.8) is 0 Å². The second-order valence-corrected chi connectivity index (χ2v) is 6.25. The summed E-state index contributed by atoms with van der Waals surface area (Å²) in [7, 11) is 1.59. The maximum absolute atomic E-state index is 11.5. The molecule has 134 valence electrons. The SMILES string of the molecule is COc1ccc(Cn2nnc(C(=O)O)c2Nc2cc(Cl)cc(Cl)c2)cc1. The molecule has 0 fully saturated rings. The molecule has 0 saturated heterocycles. The highest BCUT2D eigenvalue weighted by molar-refractivity contribution is 6.35. The van der Waals surface area contributed by atoms with E-state index in [1.807, 2.05) is 24.3 Å². The number of ether oxygens (including phenoxy) is 1. The fraction of sp³-hybridized carbons (Fsp3) is 0.118. The number of aromatic nitrogens is 3. The highest BCUT2D eigenvalue weighted by Crippen LogP contribution is 2.27. The van der Waals surface area contributed by atoms with E-state index in [9.17, 15) is 9.90 Å². The van der Waals surface area contributed by atoms with Gasteiger partial charge < -0.3 is 15.2 Å². The number of halogens is 2. The lowest BCUT2D eigenvalue weighted by Gasteiger charge is -2.11. The Morgan fingerprint density at radius 3 is 2.42 bits per heavy atom. The van der Waals surface area contributed by atoms with Crippen LogP contribution in [-0.2, 0) is 6.54 Å². The number of carboxylic acid groups (broad SMARTS) is 1. The van der Waals surface area contributed by atoms with E-state index in [0.29, 0.717) is 22.3 Å². The van der Waals surface area contributed by atoms with Gasteiger partial charge in [-0.1, -0.05) is 40.5 Å². The van der Waals surface area contributed by atoms with Crippen molar-refractivity contribution in [1.29, 1.82) is 0 Å². The van der Waals surface area contributed by atoms with E-state index in [1.54, 1.807) is 25.3 Å². The Morgan fingerprint density at radius 1 is 1.19 bits per heavy atom. The first-order valence-electron chi connectivity index (χ1n) is 7.49. The van der Waals surface area contributed by atoms with Crippen LogP contribution in [0.25, 0.3) is 0 Å². The number of nitrogens with one attached hydrogen (secondary N) is 1. The van der Waals surface area contributed by atoms with Crippen molar-refractivity contribution in [2.24, 2.45) is 0 Å². The summed E-state index contributed by atoms with van der Waals surface area (Å²) in [6, 6.07) is 12.2. The summed E-state index contributed by atoms with van der Waals surface area (Å²) in [5.74, 6) is -0.237. The Kier molecular flexibility index (Phi) is 5.29. The molecular weight excluding hydrogens is 379 g/mol. The summed E-state index contributed by atoms with van der Waals surface area (Å²) in [6.45, 7) is 0.320. The zero-order valence-corrected chi connectivity index (χ0v) is 15.1. The first-order valence-corrected chi connectivity index (χ1v) is 8.24. The number of rotatable bonds is 6. The fourth-order valence-electron chi connectivity index (χ4n) is 2.36. The lowest BCUT2D eigenvalue weighted by Crippen LogP contribution is -2.09. The minimum atomic E-state index is -1.19. The molecular formula is C17H14Cl2N4O3. The summed E-state index contributed by atoms with van der Waals surface area (Å²) in [5.41, 5.74) is 1.23. The van der Waals surface area contributed by atoms with E-state index >= 15 is 0 Å². The fourth-order valence-corrected chi connectivity index (χ4v) is 2.88. The highest BCUT2D eigenvalue weighted by atomic mass is 35.5. The van der Waals surface area contributed by atoms with Gasteiger partial charge in [0.15, 0.2) is 5.82 Å². The van der Waals surface area contributed by atoms with Crippen LogP contribution in [0.3, 0.4) is 0 Å². The summed E-state index contributed by atoms with van der Waals surface area (Å²) < 4.78 is 6.59. The highest BCUT2D eigenvalue weighted by Gasteiger charge is 2.20. The van der Waals surface area contributed by atoms with E-state index < -0.39 is 5.97 Å². The number of carboxylic acids is 1. The molecule has 2 N–H and O–H groups in total. The van der Waals surface area contributed by atoms with Gasteiger partial charge in [0.25, 0.3) is 0 Å². The number of hydrogen-bond donors (Lipinski definition) is 2. The Morgan fingerprint density at radius 2 is 1.85 bits per heavy atom. The molecule has 26 heavy (non-hydrogen) atoms. The Bertz CT molecular complexity index is 921. The van der Waals surface area contributed by atoms with Crippen LogP contribution >= 0.6 is 23.2 Å². The molecule has 1 aromatic heterocycles. The molecule has 0 aliphatic carbocycles. The number of aromatic carboxylic acids is 1. The monoisotopic (exact) mass is 392 g/mol. The number of anilines is 2. The average Bonchev–Trinajstić information content (AvgIpc) is 2.97. The molecule has 3 aromatic rings. The summed E-state index contributed by atoms with van der Waals surface area (Å²) >= 11 is 12.0. The van der Waals surface area contributed by atoms with E-state index in [-0.39, 0.29) is 11.5 Å². The van der Waals surface area contributed by atoms with Crippen molar-refractivity contribution in [2.75, 3.05) is 12.4 Å². The average molecular weight is 393 g/mol. The Balaban J connectivity index is 1.94. The van der Waals surface area contributed by atoms with Gasteiger partial charge in [-0.05, 0) is 35.9 Å². The predicted octanol–water partition coefficient (Wildman–Crippen LogP) is 4.08. The van der Waals surface area contributed by atoms with Crippen LogP contribution in [-0.4, -0.2) is 33.2 Å². The van der Waals surface area contributed by atoms with Crippen molar-refractivity contribution in [3.05, 3.63) is 63.8 Å². The van der Waals surface area contributed by atoms with Crippen LogP contribution in [0, 0.1) is 0 Å². The maximum Gasteiger partial charge on any atom is 0.360 e. The number of methoxy groups -OCH3 is 1. The van der Waals surface area contributed by atoms with E-state index in [0.717, 1.165) is 11.3 Å². The minimum Gasteiger partial charge on any atom is -0.497 e. The molecule has 0 spiro atoms. The quantitative estimate of drug-likeness (QED) is 0.656. The van der Waals surface area contributed by atoms with Crippen molar-refractivity contribution < 1.29 is 14.6 Å². The van der Waals surface area contributed by atoms with Gasteiger partial charge in [0.05, 0.1) is 13.7 Å². The van der Waals surface area contributed by atoms with Crippen molar-refractivity contribution in [1.82, 2.24) is 15.0 Å². The lowest BCUT2D eigenvalue weighted by atomic mass is 10.2. The van der Waals surface area contributed by atoms with Gasteiger partial charge in [0.1, 0.15) is 5.75 Å². The molecule has 7 nitrogen and oxygen atoms in total. The molecule has 0 saturated carbocycles. The predicted molar refractivity (Wildman–Crippen MR) is 98.8 cm³/mol. The van der Waals surface area contributed by atoms with Crippen LogP contribution in [0.4, 0.5) is 11.5 Å². The van der Waals surface area contributed by atoms with Gasteiger partial charge in [-0.15, -0.1) is 5.10 Å². The third kappa shape index (κ3) is 4.07. The Labute approximate surface area is 159 Å². The largest absolute Gasteiger partial charge is 0.497 e. The molecule has 0 unspecified atom stereocenters. The smallest absolute Gasteiger partial charge is 0.360 e. The van der Waals surface area contributed by atoms with Crippen LogP contribution in [0.1, 0.15) is 16.1 Å². The van der Waals surface area contributed by atoms with Crippen molar-refractivity contribution in [3.8, 4) is 5.75 Å². The van der Waals surface area contributed by atoms with E-state index in [4.69, 9.17) is 27.9 Å². The maximum atomic E-state index is 11.5. The molecule has 0 atom stereocenters. The number of hydrogen-bond acceptors (Lipinski definition) is 5. The molecule has 0 radical (unpaired) electrons. The van der Waals surface area contributed by atoms with Crippen LogP contribution in [0.5, 0.6) is 5.75 Å². The zero-order valence-electron chi connectivity index (χ0n) is 13.6. The van der Waals surface area contributed by atoms with Crippen molar-refractivity contribution in [2.45, 2.75) is 6.54 Å². The standard InChI is InChI=1S/C17H14Cl2N4O3/c1-26-14-4-2-10(3-5-14)9-23-16(15(17(24)25)21-22-23)20-13-7-11(18)6-12(19)8-13/h2-8,20H,9H2,1H3,(H,24,25). The van der Waals surface area contributed by atoms with Crippen molar-refractivity contribution >= 4 is 40.7 Å². The molecule has 1 heterocycles. The summed E-state index contributed by atoms with van der Waals surface area (Å²) in [4.78, 5) is 11.5. The molecule has 0 bridgehead atoms. The zero-order chi connectivity index (χ0) is 18.7. The molecule has 2 aromatic carbocycles. The normalized spacial score (nSPS) is 10.6. The third-order valence-electron chi connectivity index (χ3n) is 3.55. The molecule has 0 aliphatic rings. The first-order chi connectivity index (χ1) is 12.5.